The van der Waals surface area contributed by atoms with E-state index in [0.29, 0.717) is 23.5 Å². The number of carbonyl (C=O) groups excluding carboxylic acids is 1. The van der Waals surface area contributed by atoms with Crippen LogP contribution in [0.5, 0.6) is 5.75 Å². The lowest BCUT2D eigenvalue weighted by Crippen LogP contribution is -2.41. The second-order valence-electron chi connectivity index (χ2n) is 5.60. The first-order valence-corrected chi connectivity index (χ1v) is 8.40. The molecule has 108 valence electrons. The van der Waals surface area contributed by atoms with Crippen molar-refractivity contribution >= 4 is 17.7 Å². The van der Waals surface area contributed by atoms with Crippen molar-refractivity contribution in [2.45, 2.75) is 30.9 Å². The van der Waals surface area contributed by atoms with Crippen molar-refractivity contribution in [1.82, 2.24) is 4.90 Å². The van der Waals surface area contributed by atoms with Gasteiger partial charge in [-0.25, -0.2) is 0 Å². The summed E-state index contributed by atoms with van der Waals surface area (Å²) in [7, 11) is 0. The number of rotatable bonds is 2. The van der Waals surface area contributed by atoms with E-state index in [1.165, 1.54) is 5.56 Å². The number of para-hydroxylation sites is 1. The average Bonchev–Trinajstić information content (AvgIpc) is 2.47. The van der Waals surface area contributed by atoms with E-state index in [1.807, 2.05) is 34.9 Å². The largest absolute Gasteiger partial charge is 0.493 e. The molecule has 0 N–H and O–H groups in total. The summed E-state index contributed by atoms with van der Waals surface area (Å²) in [6.07, 6.45) is 1.57. The zero-order valence-electron chi connectivity index (χ0n) is 11.9. The Labute approximate surface area is 124 Å². The van der Waals surface area contributed by atoms with E-state index in [2.05, 4.69) is 13.0 Å². The van der Waals surface area contributed by atoms with Gasteiger partial charge in [-0.3, -0.25) is 4.79 Å². The summed E-state index contributed by atoms with van der Waals surface area (Å²) in [5.41, 5.74) is 1.20. The van der Waals surface area contributed by atoms with Gasteiger partial charge in [-0.05, 0) is 24.0 Å². The number of hydrogen-bond acceptors (Lipinski definition) is 3. The molecule has 0 aliphatic carbocycles. The maximum Gasteiger partial charge on any atom is 0.223 e. The van der Waals surface area contributed by atoms with E-state index in [1.54, 1.807) is 0 Å². The Balaban J connectivity index is 1.68. The third-order valence-corrected chi connectivity index (χ3v) is 5.23. The van der Waals surface area contributed by atoms with E-state index in [-0.39, 0.29) is 0 Å². The fourth-order valence-electron chi connectivity index (χ4n) is 3.01. The van der Waals surface area contributed by atoms with Gasteiger partial charge >= 0.3 is 0 Å². The standard InChI is InChI=1S/C16H21NO2S/c1-12-11-17(7-9-20-12)16(18)10-13-6-8-19-15-5-3-2-4-14(13)15/h2-5,12-13H,6-11H2,1H3. The Morgan fingerprint density at radius 2 is 2.30 bits per heavy atom. The minimum Gasteiger partial charge on any atom is -0.493 e. The second kappa shape index (κ2) is 6.08. The zero-order valence-corrected chi connectivity index (χ0v) is 12.7. The Morgan fingerprint density at radius 3 is 3.15 bits per heavy atom. The van der Waals surface area contributed by atoms with E-state index in [9.17, 15) is 4.79 Å². The first-order chi connectivity index (χ1) is 9.74. The number of benzene rings is 1. The lowest BCUT2D eigenvalue weighted by molar-refractivity contribution is -0.131. The Hall–Kier alpha value is -1.16. The van der Waals surface area contributed by atoms with E-state index in [0.717, 1.165) is 37.6 Å². The topological polar surface area (TPSA) is 29.5 Å². The van der Waals surface area contributed by atoms with Crippen molar-refractivity contribution < 1.29 is 9.53 Å². The highest BCUT2D eigenvalue weighted by atomic mass is 32.2. The molecule has 0 saturated carbocycles. The molecule has 2 aliphatic heterocycles. The number of thioether (sulfide) groups is 1. The molecular weight excluding hydrogens is 270 g/mol. The number of ether oxygens (including phenoxy) is 1. The monoisotopic (exact) mass is 291 g/mol. The van der Waals surface area contributed by atoms with Gasteiger partial charge in [-0.15, -0.1) is 0 Å². The first-order valence-electron chi connectivity index (χ1n) is 7.35. The summed E-state index contributed by atoms with van der Waals surface area (Å²) in [6, 6.07) is 8.13. The van der Waals surface area contributed by atoms with E-state index >= 15 is 0 Å². The molecule has 2 aliphatic rings. The summed E-state index contributed by atoms with van der Waals surface area (Å²) in [4.78, 5) is 14.5. The van der Waals surface area contributed by atoms with Crippen LogP contribution in [0.25, 0.3) is 0 Å². The van der Waals surface area contributed by atoms with Crippen LogP contribution in [0.2, 0.25) is 0 Å². The molecule has 0 bridgehead atoms. The first kappa shape index (κ1) is 13.8. The van der Waals surface area contributed by atoms with Gasteiger partial charge in [-0.2, -0.15) is 11.8 Å². The van der Waals surface area contributed by atoms with Gasteiger partial charge in [0.2, 0.25) is 5.91 Å². The van der Waals surface area contributed by atoms with Crippen LogP contribution >= 0.6 is 11.8 Å². The normalized spacial score (nSPS) is 25.8. The van der Waals surface area contributed by atoms with Crippen molar-refractivity contribution in [2.24, 2.45) is 0 Å². The molecule has 20 heavy (non-hydrogen) atoms. The molecule has 1 aromatic carbocycles. The molecule has 0 radical (unpaired) electrons. The second-order valence-corrected chi connectivity index (χ2v) is 7.14. The van der Waals surface area contributed by atoms with Crippen LogP contribution in [0.3, 0.4) is 0 Å². The molecule has 1 saturated heterocycles. The quantitative estimate of drug-likeness (QED) is 0.839. The van der Waals surface area contributed by atoms with Crippen LogP contribution in [0.15, 0.2) is 24.3 Å². The summed E-state index contributed by atoms with van der Waals surface area (Å²) in [6.45, 7) is 4.72. The number of fused-ring (bicyclic) bond motifs is 1. The minimum atomic E-state index is 0.304. The van der Waals surface area contributed by atoms with Crippen molar-refractivity contribution in [3.05, 3.63) is 29.8 Å². The maximum absolute atomic E-state index is 12.5. The number of amides is 1. The highest BCUT2D eigenvalue weighted by Crippen LogP contribution is 2.36. The minimum absolute atomic E-state index is 0.304. The van der Waals surface area contributed by atoms with Crippen LogP contribution in [0.4, 0.5) is 0 Å². The molecule has 0 spiro atoms. The number of nitrogens with zero attached hydrogens (tertiary/aromatic N) is 1. The lowest BCUT2D eigenvalue weighted by Gasteiger charge is -2.33. The molecule has 1 fully saturated rings. The summed E-state index contributed by atoms with van der Waals surface area (Å²) >= 11 is 1.96. The molecule has 2 heterocycles. The smallest absolute Gasteiger partial charge is 0.223 e. The molecule has 4 heteroatoms. The Bertz CT molecular complexity index is 491. The van der Waals surface area contributed by atoms with Crippen LogP contribution < -0.4 is 4.74 Å². The fraction of sp³-hybridized carbons (Fsp3) is 0.562. The zero-order chi connectivity index (χ0) is 13.9. The van der Waals surface area contributed by atoms with Gasteiger partial charge in [0.1, 0.15) is 5.75 Å². The average molecular weight is 291 g/mol. The molecule has 0 aromatic heterocycles. The SMILES string of the molecule is CC1CN(C(=O)CC2CCOc3ccccc32)CCS1. The third-order valence-electron chi connectivity index (χ3n) is 4.10. The highest BCUT2D eigenvalue weighted by molar-refractivity contribution is 7.99. The van der Waals surface area contributed by atoms with Crippen molar-refractivity contribution in [2.75, 3.05) is 25.4 Å². The van der Waals surface area contributed by atoms with E-state index in [4.69, 9.17) is 4.74 Å². The molecule has 3 rings (SSSR count). The molecule has 3 nitrogen and oxygen atoms in total. The molecule has 1 aromatic rings. The van der Waals surface area contributed by atoms with Crippen molar-refractivity contribution in [3.63, 3.8) is 0 Å². The Kier molecular flexibility index (Phi) is 4.20. The molecule has 2 atom stereocenters. The third kappa shape index (κ3) is 2.95. The number of carbonyl (C=O) groups is 1. The van der Waals surface area contributed by atoms with Crippen molar-refractivity contribution in [3.8, 4) is 5.75 Å². The van der Waals surface area contributed by atoms with Crippen LogP contribution in [-0.2, 0) is 4.79 Å². The highest BCUT2D eigenvalue weighted by Gasteiger charge is 2.27. The van der Waals surface area contributed by atoms with Crippen molar-refractivity contribution in [1.29, 1.82) is 0 Å². The van der Waals surface area contributed by atoms with E-state index < -0.39 is 0 Å². The predicted octanol–water partition coefficient (Wildman–Crippen LogP) is 2.91. The molecule has 2 unspecified atom stereocenters. The van der Waals surface area contributed by atoms with Gasteiger partial charge in [0, 0.05) is 30.5 Å². The Morgan fingerprint density at radius 1 is 1.45 bits per heavy atom. The van der Waals surface area contributed by atoms with Gasteiger partial charge in [0.25, 0.3) is 0 Å². The summed E-state index contributed by atoms with van der Waals surface area (Å²) in [5, 5.41) is 0.565. The van der Waals surface area contributed by atoms with Gasteiger partial charge < -0.3 is 9.64 Å². The maximum atomic E-state index is 12.5. The predicted molar refractivity (Wildman–Crippen MR) is 82.4 cm³/mol. The molecular formula is C16H21NO2S. The molecule has 1 amide bonds. The fourth-order valence-corrected chi connectivity index (χ4v) is 4.03. The van der Waals surface area contributed by atoms with Crippen LogP contribution in [0, 0.1) is 0 Å². The lowest BCUT2D eigenvalue weighted by atomic mass is 9.90. The van der Waals surface area contributed by atoms with Crippen LogP contribution in [-0.4, -0.2) is 41.5 Å². The summed E-state index contributed by atoms with van der Waals surface area (Å²) in [5.74, 6) is 2.65. The summed E-state index contributed by atoms with van der Waals surface area (Å²) < 4.78 is 5.67. The van der Waals surface area contributed by atoms with Crippen LogP contribution in [0.1, 0.15) is 31.2 Å². The van der Waals surface area contributed by atoms with Gasteiger partial charge in [0.05, 0.1) is 6.61 Å². The van der Waals surface area contributed by atoms with Gasteiger partial charge in [-0.1, -0.05) is 25.1 Å². The van der Waals surface area contributed by atoms with Gasteiger partial charge in [0.15, 0.2) is 0 Å². The number of hydrogen-bond donors (Lipinski definition) is 0.